The molecule has 0 aliphatic rings. The average Bonchev–Trinajstić information content (AvgIpc) is 2.00. The standard InChI is InChI=1S/C12H24/c1-6-7-8-11(4)9-12(5)10(2)3/h9-11H,6-8H2,1-5H3. The third-order valence-corrected chi connectivity index (χ3v) is 2.47. The molecule has 1 atom stereocenters. The molecule has 0 radical (unpaired) electrons. The maximum Gasteiger partial charge on any atom is -0.0259 e. The zero-order valence-corrected chi connectivity index (χ0v) is 9.35. The van der Waals surface area contributed by atoms with Gasteiger partial charge in [0.05, 0.1) is 0 Å². The van der Waals surface area contributed by atoms with E-state index in [-0.39, 0.29) is 0 Å². The summed E-state index contributed by atoms with van der Waals surface area (Å²) in [5.41, 5.74) is 1.54. The molecule has 0 rings (SSSR count). The van der Waals surface area contributed by atoms with E-state index in [9.17, 15) is 0 Å². The minimum Gasteiger partial charge on any atom is -0.0825 e. The van der Waals surface area contributed by atoms with Crippen molar-refractivity contribution in [2.45, 2.75) is 53.9 Å². The van der Waals surface area contributed by atoms with E-state index in [1.54, 1.807) is 5.57 Å². The molecule has 0 aromatic rings. The number of hydrogen-bond donors (Lipinski definition) is 0. The summed E-state index contributed by atoms with van der Waals surface area (Å²) in [5, 5.41) is 0. The monoisotopic (exact) mass is 168 g/mol. The average molecular weight is 168 g/mol. The van der Waals surface area contributed by atoms with Crippen LogP contribution in [0.15, 0.2) is 11.6 Å². The van der Waals surface area contributed by atoms with Crippen LogP contribution in [0.5, 0.6) is 0 Å². The summed E-state index contributed by atoms with van der Waals surface area (Å²) in [5.74, 6) is 1.49. The van der Waals surface area contributed by atoms with Gasteiger partial charge in [0.25, 0.3) is 0 Å². The SMILES string of the molecule is CCCCC(C)C=C(C)C(C)C. The molecule has 0 bridgehead atoms. The van der Waals surface area contributed by atoms with Gasteiger partial charge in [0.1, 0.15) is 0 Å². The molecule has 1 unspecified atom stereocenters. The van der Waals surface area contributed by atoms with E-state index in [2.05, 4.69) is 40.7 Å². The molecule has 0 saturated carbocycles. The summed E-state index contributed by atoms with van der Waals surface area (Å²) >= 11 is 0. The van der Waals surface area contributed by atoms with Crippen LogP contribution in [0.3, 0.4) is 0 Å². The van der Waals surface area contributed by atoms with Crippen molar-refractivity contribution in [3.63, 3.8) is 0 Å². The summed E-state index contributed by atoms with van der Waals surface area (Å²) in [6.45, 7) is 11.3. The summed E-state index contributed by atoms with van der Waals surface area (Å²) in [4.78, 5) is 0. The molecule has 0 aromatic heterocycles. The molecule has 0 saturated heterocycles. The molecule has 0 aromatic carbocycles. The van der Waals surface area contributed by atoms with Gasteiger partial charge >= 0.3 is 0 Å². The lowest BCUT2D eigenvalue weighted by Gasteiger charge is -2.10. The lowest BCUT2D eigenvalue weighted by Crippen LogP contribution is -1.95. The fraction of sp³-hybridized carbons (Fsp3) is 0.833. The maximum absolute atomic E-state index is 2.43. The van der Waals surface area contributed by atoms with Crippen LogP contribution in [0.1, 0.15) is 53.9 Å². The molecule has 0 nitrogen and oxygen atoms in total. The number of unbranched alkanes of at least 4 members (excludes halogenated alkanes) is 1. The van der Waals surface area contributed by atoms with Gasteiger partial charge in [-0.3, -0.25) is 0 Å². The minimum atomic E-state index is 0.717. The lowest BCUT2D eigenvalue weighted by molar-refractivity contribution is 0.588. The smallest absolute Gasteiger partial charge is 0.0259 e. The van der Waals surface area contributed by atoms with E-state index in [1.165, 1.54) is 19.3 Å². The molecule has 0 spiro atoms. The Balaban J connectivity index is 3.79. The number of hydrogen-bond acceptors (Lipinski definition) is 0. The largest absolute Gasteiger partial charge is 0.0825 e. The molecule has 0 aliphatic carbocycles. The Hall–Kier alpha value is -0.260. The molecular weight excluding hydrogens is 144 g/mol. The minimum absolute atomic E-state index is 0.717. The van der Waals surface area contributed by atoms with Crippen LogP contribution >= 0.6 is 0 Å². The molecule has 12 heavy (non-hydrogen) atoms. The molecule has 0 amide bonds. The van der Waals surface area contributed by atoms with Crippen LogP contribution in [-0.4, -0.2) is 0 Å². The van der Waals surface area contributed by atoms with Gasteiger partial charge in [-0.05, 0) is 25.2 Å². The molecule has 0 N–H and O–H groups in total. The van der Waals surface area contributed by atoms with Crippen molar-refractivity contribution in [1.82, 2.24) is 0 Å². The molecule has 0 heterocycles. The van der Waals surface area contributed by atoms with Crippen molar-refractivity contribution in [3.05, 3.63) is 11.6 Å². The van der Waals surface area contributed by atoms with Crippen molar-refractivity contribution < 1.29 is 0 Å². The topological polar surface area (TPSA) is 0 Å². The first-order valence-corrected chi connectivity index (χ1v) is 5.26. The fourth-order valence-corrected chi connectivity index (χ4v) is 1.25. The van der Waals surface area contributed by atoms with E-state index in [4.69, 9.17) is 0 Å². The lowest BCUT2D eigenvalue weighted by atomic mass is 9.97. The van der Waals surface area contributed by atoms with Crippen molar-refractivity contribution in [3.8, 4) is 0 Å². The Kier molecular flexibility index (Phi) is 6.14. The Morgan fingerprint density at radius 1 is 1.25 bits per heavy atom. The van der Waals surface area contributed by atoms with Crippen LogP contribution in [0.25, 0.3) is 0 Å². The van der Waals surface area contributed by atoms with Gasteiger partial charge in [0, 0.05) is 0 Å². The quantitative estimate of drug-likeness (QED) is 0.533. The van der Waals surface area contributed by atoms with Crippen LogP contribution < -0.4 is 0 Å². The molecular formula is C12H24. The van der Waals surface area contributed by atoms with E-state index >= 15 is 0 Å². The van der Waals surface area contributed by atoms with Gasteiger partial charge < -0.3 is 0 Å². The molecule has 0 aliphatic heterocycles. The predicted molar refractivity (Wildman–Crippen MR) is 57.3 cm³/mol. The molecule has 0 heteroatoms. The second kappa shape index (κ2) is 6.28. The van der Waals surface area contributed by atoms with Crippen molar-refractivity contribution >= 4 is 0 Å². The van der Waals surface area contributed by atoms with Crippen LogP contribution in [0, 0.1) is 11.8 Å². The van der Waals surface area contributed by atoms with E-state index < -0.39 is 0 Å². The van der Waals surface area contributed by atoms with Crippen molar-refractivity contribution in [2.24, 2.45) is 11.8 Å². The first kappa shape index (κ1) is 11.7. The molecule has 0 fully saturated rings. The van der Waals surface area contributed by atoms with Gasteiger partial charge in [0.15, 0.2) is 0 Å². The summed E-state index contributed by atoms with van der Waals surface area (Å²) in [6, 6.07) is 0. The summed E-state index contributed by atoms with van der Waals surface area (Å²) in [7, 11) is 0. The van der Waals surface area contributed by atoms with Crippen molar-refractivity contribution in [2.75, 3.05) is 0 Å². The number of allylic oxidation sites excluding steroid dienone is 2. The van der Waals surface area contributed by atoms with Crippen LogP contribution in [0.2, 0.25) is 0 Å². The summed E-state index contributed by atoms with van der Waals surface area (Å²) in [6.07, 6.45) is 6.46. The zero-order valence-electron chi connectivity index (χ0n) is 9.35. The Labute approximate surface area is 78.1 Å². The highest BCUT2D eigenvalue weighted by Gasteiger charge is 2.00. The van der Waals surface area contributed by atoms with Crippen LogP contribution in [-0.2, 0) is 0 Å². The van der Waals surface area contributed by atoms with E-state index in [0.29, 0.717) is 5.92 Å². The van der Waals surface area contributed by atoms with E-state index in [0.717, 1.165) is 5.92 Å². The Bertz CT molecular complexity index is 131. The highest BCUT2D eigenvalue weighted by atomic mass is 14.1. The van der Waals surface area contributed by atoms with Gasteiger partial charge in [0.2, 0.25) is 0 Å². The Morgan fingerprint density at radius 3 is 2.25 bits per heavy atom. The third-order valence-electron chi connectivity index (χ3n) is 2.47. The van der Waals surface area contributed by atoms with Crippen LogP contribution in [0.4, 0.5) is 0 Å². The second-order valence-corrected chi connectivity index (χ2v) is 4.18. The highest BCUT2D eigenvalue weighted by Crippen LogP contribution is 2.15. The summed E-state index contributed by atoms with van der Waals surface area (Å²) < 4.78 is 0. The molecule has 72 valence electrons. The van der Waals surface area contributed by atoms with Crippen molar-refractivity contribution in [1.29, 1.82) is 0 Å². The predicted octanol–water partition coefficient (Wildman–Crippen LogP) is 4.42. The zero-order chi connectivity index (χ0) is 9.56. The first-order chi connectivity index (χ1) is 5.57. The maximum atomic E-state index is 2.43. The third kappa shape index (κ3) is 5.40. The van der Waals surface area contributed by atoms with Gasteiger partial charge in [-0.15, -0.1) is 0 Å². The van der Waals surface area contributed by atoms with Gasteiger partial charge in [-0.25, -0.2) is 0 Å². The normalized spacial score (nSPS) is 15.3. The highest BCUT2D eigenvalue weighted by molar-refractivity contribution is 5.02. The number of rotatable bonds is 5. The second-order valence-electron chi connectivity index (χ2n) is 4.18. The first-order valence-electron chi connectivity index (χ1n) is 5.26. The van der Waals surface area contributed by atoms with E-state index in [1.807, 2.05) is 0 Å². The van der Waals surface area contributed by atoms with Gasteiger partial charge in [-0.2, -0.15) is 0 Å². The Morgan fingerprint density at radius 2 is 1.83 bits per heavy atom. The van der Waals surface area contributed by atoms with Gasteiger partial charge in [-0.1, -0.05) is 52.2 Å². The fourth-order valence-electron chi connectivity index (χ4n) is 1.25.